The summed E-state index contributed by atoms with van der Waals surface area (Å²) < 4.78 is 33.4. The molecule has 0 aliphatic rings. The number of fused-ring (bicyclic) bond motifs is 1. The number of halogens is 2. The van der Waals surface area contributed by atoms with Gasteiger partial charge in [0.05, 0.1) is 23.5 Å². The Morgan fingerprint density at radius 1 is 1.13 bits per heavy atom. The van der Waals surface area contributed by atoms with Crippen molar-refractivity contribution in [1.29, 1.82) is 0 Å². The molecule has 1 amide bonds. The minimum atomic E-state index is -2.83. The van der Waals surface area contributed by atoms with Crippen LogP contribution in [-0.2, 0) is 14.3 Å². The van der Waals surface area contributed by atoms with Crippen LogP contribution in [0.1, 0.15) is 55.9 Å². The van der Waals surface area contributed by atoms with Gasteiger partial charge in [0.25, 0.3) is 0 Å². The Bertz CT molecular complexity index is 1050. The van der Waals surface area contributed by atoms with Gasteiger partial charge in [0.1, 0.15) is 0 Å². The van der Waals surface area contributed by atoms with E-state index in [0.717, 1.165) is 15.7 Å². The van der Waals surface area contributed by atoms with E-state index in [4.69, 9.17) is 4.74 Å². The average Bonchev–Trinajstić information content (AvgIpc) is 3.07. The summed E-state index contributed by atoms with van der Waals surface area (Å²) in [7, 11) is 0. The van der Waals surface area contributed by atoms with Gasteiger partial charge >= 0.3 is 12.5 Å². The fraction of sp³-hybridized carbons (Fsp3) is 0.318. The van der Waals surface area contributed by atoms with Crippen LogP contribution in [0.25, 0.3) is 11.0 Å². The highest BCUT2D eigenvalue weighted by Crippen LogP contribution is 2.29. The number of aromatic nitrogens is 2. The van der Waals surface area contributed by atoms with E-state index < -0.39 is 24.7 Å². The number of imidazole rings is 1. The van der Waals surface area contributed by atoms with Crippen LogP contribution in [0.3, 0.4) is 0 Å². The molecule has 0 radical (unpaired) electrons. The standard InChI is InChI=1S/C22H23F2N3O3/c1-13-8-10-16(11-9-13)18(25-15(3)28)12-20(29)30-14(2)21-26-17-6-4-5-7-19(17)27(21)22(23)24/h4-11,14,18,22H,12H2,1-3H3,(H,25,28)/t14-,18+/m1/s1. The van der Waals surface area contributed by atoms with Crippen LogP contribution in [0.15, 0.2) is 48.5 Å². The maximum atomic E-state index is 13.6. The van der Waals surface area contributed by atoms with E-state index in [-0.39, 0.29) is 23.7 Å². The lowest BCUT2D eigenvalue weighted by atomic mass is 10.0. The molecule has 3 rings (SSSR count). The minimum Gasteiger partial charge on any atom is -0.454 e. The second-order valence-corrected chi connectivity index (χ2v) is 7.11. The van der Waals surface area contributed by atoms with Gasteiger partial charge in [-0.05, 0) is 31.5 Å². The molecule has 1 aromatic heterocycles. The summed E-state index contributed by atoms with van der Waals surface area (Å²) in [4.78, 5) is 28.4. The first kappa shape index (κ1) is 21.4. The summed E-state index contributed by atoms with van der Waals surface area (Å²) in [6, 6.07) is 13.3. The highest BCUT2D eigenvalue weighted by atomic mass is 19.3. The molecule has 0 saturated carbocycles. The second-order valence-electron chi connectivity index (χ2n) is 7.11. The van der Waals surface area contributed by atoms with Gasteiger partial charge in [-0.2, -0.15) is 8.78 Å². The molecule has 8 heteroatoms. The van der Waals surface area contributed by atoms with Crippen molar-refractivity contribution in [3.63, 3.8) is 0 Å². The number of esters is 1. The topological polar surface area (TPSA) is 73.2 Å². The second kappa shape index (κ2) is 9.02. The third-order valence-electron chi connectivity index (χ3n) is 4.72. The number of nitrogens with zero attached hydrogens (tertiary/aromatic N) is 2. The Kier molecular flexibility index (Phi) is 6.44. The molecule has 2 atom stereocenters. The lowest BCUT2D eigenvalue weighted by Crippen LogP contribution is -2.29. The summed E-state index contributed by atoms with van der Waals surface area (Å²) >= 11 is 0. The van der Waals surface area contributed by atoms with Gasteiger partial charge in [0, 0.05) is 6.92 Å². The van der Waals surface area contributed by atoms with Gasteiger partial charge < -0.3 is 10.1 Å². The molecule has 0 unspecified atom stereocenters. The Balaban J connectivity index is 1.79. The number of amides is 1. The van der Waals surface area contributed by atoms with E-state index in [0.29, 0.717) is 5.52 Å². The summed E-state index contributed by atoms with van der Waals surface area (Å²) in [6.45, 7) is 1.97. The number of carbonyl (C=O) groups is 2. The zero-order valence-electron chi connectivity index (χ0n) is 16.9. The number of hydrogen-bond donors (Lipinski definition) is 1. The zero-order valence-corrected chi connectivity index (χ0v) is 16.9. The van der Waals surface area contributed by atoms with Crippen LogP contribution in [0.2, 0.25) is 0 Å². The fourth-order valence-corrected chi connectivity index (χ4v) is 3.32. The molecule has 0 saturated heterocycles. The largest absolute Gasteiger partial charge is 0.454 e. The van der Waals surface area contributed by atoms with E-state index in [2.05, 4.69) is 10.3 Å². The molecule has 6 nitrogen and oxygen atoms in total. The van der Waals surface area contributed by atoms with E-state index in [1.165, 1.54) is 19.9 Å². The van der Waals surface area contributed by atoms with Gasteiger partial charge in [-0.25, -0.2) is 4.98 Å². The van der Waals surface area contributed by atoms with Gasteiger partial charge in [-0.15, -0.1) is 0 Å². The van der Waals surface area contributed by atoms with Gasteiger partial charge in [0.2, 0.25) is 5.91 Å². The van der Waals surface area contributed by atoms with Crippen molar-refractivity contribution in [3.8, 4) is 0 Å². The monoisotopic (exact) mass is 415 g/mol. The van der Waals surface area contributed by atoms with Crippen LogP contribution < -0.4 is 5.32 Å². The summed E-state index contributed by atoms with van der Waals surface area (Å²) in [5.74, 6) is -0.957. The smallest absolute Gasteiger partial charge is 0.320 e. The SMILES string of the molecule is CC(=O)N[C@@H](CC(=O)O[C@H](C)c1nc2ccccc2n1C(F)F)c1ccc(C)cc1. The van der Waals surface area contributed by atoms with Crippen LogP contribution in [0.5, 0.6) is 0 Å². The molecule has 0 bridgehead atoms. The first-order chi connectivity index (χ1) is 14.3. The normalized spacial score (nSPS) is 13.3. The quantitative estimate of drug-likeness (QED) is 0.572. The lowest BCUT2D eigenvalue weighted by molar-refractivity contribution is -0.150. The number of aryl methyl sites for hydroxylation is 1. The molecule has 30 heavy (non-hydrogen) atoms. The summed E-state index contributed by atoms with van der Waals surface area (Å²) in [5, 5.41) is 2.73. The maximum Gasteiger partial charge on any atom is 0.320 e. The molecule has 0 aliphatic heterocycles. The van der Waals surface area contributed by atoms with Crippen molar-refractivity contribution < 1.29 is 23.1 Å². The number of nitrogens with one attached hydrogen (secondary N) is 1. The van der Waals surface area contributed by atoms with Gasteiger partial charge in [0.15, 0.2) is 11.9 Å². The fourth-order valence-electron chi connectivity index (χ4n) is 3.32. The van der Waals surface area contributed by atoms with Crippen molar-refractivity contribution in [3.05, 3.63) is 65.5 Å². The molecule has 158 valence electrons. The van der Waals surface area contributed by atoms with Crippen LogP contribution in [0, 0.1) is 6.92 Å². The molecule has 2 aromatic carbocycles. The number of ether oxygens (including phenoxy) is 1. The van der Waals surface area contributed by atoms with Crippen molar-refractivity contribution in [2.45, 2.75) is 45.9 Å². The first-order valence-electron chi connectivity index (χ1n) is 9.54. The molecule has 1 N–H and O–H groups in total. The number of alkyl halides is 2. The molecular weight excluding hydrogens is 392 g/mol. The third-order valence-corrected chi connectivity index (χ3v) is 4.72. The van der Waals surface area contributed by atoms with E-state index >= 15 is 0 Å². The van der Waals surface area contributed by atoms with Crippen LogP contribution in [-0.4, -0.2) is 21.4 Å². The Hall–Kier alpha value is -3.29. The Labute approximate surface area is 172 Å². The molecule has 1 heterocycles. The molecule has 3 aromatic rings. The lowest BCUT2D eigenvalue weighted by Gasteiger charge is -2.20. The zero-order chi connectivity index (χ0) is 21.8. The minimum absolute atomic E-state index is 0.0361. The Morgan fingerprint density at radius 3 is 2.43 bits per heavy atom. The van der Waals surface area contributed by atoms with Crippen LogP contribution >= 0.6 is 0 Å². The molecular formula is C22H23F2N3O3. The van der Waals surface area contributed by atoms with Crippen molar-refractivity contribution >= 4 is 22.9 Å². The number of carbonyl (C=O) groups excluding carboxylic acids is 2. The maximum absolute atomic E-state index is 13.6. The highest BCUT2D eigenvalue weighted by Gasteiger charge is 2.26. The van der Waals surface area contributed by atoms with Crippen molar-refractivity contribution in [2.24, 2.45) is 0 Å². The van der Waals surface area contributed by atoms with E-state index in [9.17, 15) is 18.4 Å². The summed E-state index contributed by atoms with van der Waals surface area (Å²) in [5.41, 5.74) is 2.45. The van der Waals surface area contributed by atoms with Crippen LogP contribution in [0.4, 0.5) is 8.78 Å². The number of hydrogen-bond acceptors (Lipinski definition) is 4. The molecule has 0 aliphatic carbocycles. The van der Waals surface area contributed by atoms with Gasteiger partial charge in [-0.1, -0.05) is 42.0 Å². The number of rotatable bonds is 7. The third kappa shape index (κ3) is 4.82. The van der Waals surface area contributed by atoms with Gasteiger partial charge in [-0.3, -0.25) is 14.2 Å². The first-order valence-corrected chi connectivity index (χ1v) is 9.54. The highest BCUT2D eigenvalue weighted by molar-refractivity contribution is 5.77. The van der Waals surface area contributed by atoms with Crippen molar-refractivity contribution in [2.75, 3.05) is 0 Å². The Morgan fingerprint density at radius 2 is 1.80 bits per heavy atom. The predicted molar refractivity (Wildman–Crippen MR) is 108 cm³/mol. The molecule has 0 spiro atoms. The average molecular weight is 415 g/mol. The summed E-state index contributed by atoms with van der Waals surface area (Å²) in [6.07, 6.45) is -1.13. The van der Waals surface area contributed by atoms with Crippen molar-refractivity contribution in [1.82, 2.24) is 14.9 Å². The van der Waals surface area contributed by atoms with E-state index in [1.54, 1.807) is 18.2 Å². The predicted octanol–water partition coefficient (Wildman–Crippen LogP) is 4.61. The number of benzene rings is 2. The molecule has 0 fully saturated rings. The van der Waals surface area contributed by atoms with E-state index in [1.807, 2.05) is 31.2 Å². The number of para-hydroxylation sites is 2.